The Balaban J connectivity index is 1.91. The summed E-state index contributed by atoms with van der Waals surface area (Å²) in [7, 11) is 0. The van der Waals surface area contributed by atoms with Gasteiger partial charge in [-0.05, 0) is 32.1 Å². The Morgan fingerprint density at radius 3 is 2.62 bits per heavy atom. The van der Waals surface area contributed by atoms with E-state index in [4.69, 9.17) is 4.74 Å². The van der Waals surface area contributed by atoms with E-state index in [1.54, 1.807) is 0 Å². The minimum absolute atomic E-state index is 0.0366. The normalized spacial score (nSPS) is 44.1. The summed E-state index contributed by atoms with van der Waals surface area (Å²) in [6, 6.07) is 0. The number of hydrogen-bond donors (Lipinski definition) is 1. The summed E-state index contributed by atoms with van der Waals surface area (Å²) < 4.78 is 5.44. The fraction of sp³-hybridized carbons (Fsp3) is 0.632. The van der Waals surface area contributed by atoms with Gasteiger partial charge in [-0.3, -0.25) is 14.4 Å². The maximum absolute atomic E-state index is 13.1. The van der Waals surface area contributed by atoms with Crippen molar-refractivity contribution in [2.45, 2.75) is 51.7 Å². The molecule has 3 aliphatic carbocycles. The second-order valence-electron chi connectivity index (χ2n) is 7.92. The van der Waals surface area contributed by atoms with Crippen LogP contribution in [0.15, 0.2) is 23.3 Å². The van der Waals surface area contributed by atoms with E-state index in [2.05, 4.69) is 6.58 Å². The van der Waals surface area contributed by atoms with Crippen molar-refractivity contribution in [2.75, 3.05) is 0 Å². The SMILES string of the molecule is C=C(C)[C@H]1CC(=O)C[C@H]2C(=O)C3=C(C)C[C@H]4OC(=O)[C@@]3([C@@H]2C1)[C@H]4O. The number of hydrogen-bond acceptors (Lipinski definition) is 5. The first kappa shape index (κ1) is 15.8. The van der Waals surface area contributed by atoms with Crippen molar-refractivity contribution in [3.63, 3.8) is 0 Å². The highest BCUT2D eigenvalue weighted by Gasteiger charge is 2.73. The number of carbonyl (C=O) groups excluding carboxylic acids is 3. The molecule has 1 spiro atoms. The number of carbonyl (C=O) groups is 3. The molecule has 2 bridgehead atoms. The zero-order valence-corrected chi connectivity index (χ0v) is 14.0. The molecular weight excluding hydrogens is 308 g/mol. The summed E-state index contributed by atoms with van der Waals surface area (Å²) in [5, 5.41) is 10.9. The molecule has 0 radical (unpaired) electrons. The number of aliphatic hydroxyl groups excluding tert-OH is 1. The standard InChI is InChI=1S/C19H22O5/c1-8(2)10-5-11(20)7-12-13(6-10)19-15(16(12)21)9(3)4-14(17(19)22)24-18(19)23/h10,12-14,17,22H,1,4-7H2,2-3H3/t10-,12+,13+,14+,17-,19+/m0/s1. The molecule has 24 heavy (non-hydrogen) atoms. The molecule has 5 heteroatoms. The van der Waals surface area contributed by atoms with Gasteiger partial charge in [0.1, 0.15) is 23.4 Å². The zero-order chi connectivity index (χ0) is 17.4. The molecule has 1 N–H and O–H groups in total. The lowest BCUT2D eigenvalue weighted by Gasteiger charge is -2.37. The molecule has 4 aliphatic rings. The minimum Gasteiger partial charge on any atom is -0.458 e. The third-order valence-corrected chi connectivity index (χ3v) is 6.57. The summed E-state index contributed by atoms with van der Waals surface area (Å²) in [5.41, 5.74) is 0.871. The number of allylic oxidation sites excluding steroid dienone is 1. The molecule has 6 atom stereocenters. The van der Waals surface area contributed by atoms with Crippen LogP contribution in [-0.4, -0.2) is 34.9 Å². The van der Waals surface area contributed by atoms with Crippen LogP contribution in [0, 0.1) is 23.2 Å². The lowest BCUT2D eigenvalue weighted by atomic mass is 9.63. The number of rotatable bonds is 1. The molecule has 1 saturated heterocycles. The molecule has 1 heterocycles. The lowest BCUT2D eigenvalue weighted by Crippen LogP contribution is -2.47. The van der Waals surface area contributed by atoms with Gasteiger partial charge in [-0.2, -0.15) is 0 Å². The smallest absolute Gasteiger partial charge is 0.320 e. The van der Waals surface area contributed by atoms with Gasteiger partial charge in [0.25, 0.3) is 0 Å². The number of fused-ring (bicyclic) bond motifs is 2. The molecule has 0 unspecified atom stereocenters. The Hall–Kier alpha value is -1.75. The first-order chi connectivity index (χ1) is 11.3. The monoisotopic (exact) mass is 330 g/mol. The topological polar surface area (TPSA) is 80.7 Å². The van der Waals surface area contributed by atoms with Gasteiger partial charge in [-0.25, -0.2) is 0 Å². The summed E-state index contributed by atoms with van der Waals surface area (Å²) >= 11 is 0. The third-order valence-electron chi connectivity index (χ3n) is 6.57. The van der Waals surface area contributed by atoms with Crippen molar-refractivity contribution < 1.29 is 24.2 Å². The van der Waals surface area contributed by atoms with E-state index < -0.39 is 29.5 Å². The van der Waals surface area contributed by atoms with Gasteiger partial charge in [0.2, 0.25) is 0 Å². The Labute approximate surface area is 140 Å². The number of aliphatic hydroxyl groups is 1. The highest BCUT2D eigenvalue weighted by molar-refractivity contribution is 6.11. The van der Waals surface area contributed by atoms with Crippen LogP contribution in [0.3, 0.4) is 0 Å². The maximum atomic E-state index is 13.1. The Bertz CT molecular complexity index is 717. The molecule has 1 aliphatic heterocycles. The van der Waals surface area contributed by atoms with Crippen LogP contribution < -0.4 is 0 Å². The summed E-state index contributed by atoms with van der Waals surface area (Å²) in [6.07, 6.45) is -0.147. The van der Waals surface area contributed by atoms with Crippen molar-refractivity contribution in [2.24, 2.45) is 23.2 Å². The van der Waals surface area contributed by atoms with Gasteiger partial charge in [0.05, 0.1) is 0 Å². The third kappa shape index (κ3) is 1.71. The summed E-state index contributed by atoms with van der Waals surface area (Å²) in [4.78, 5) is 38.2. The van der Waals surface area contributed by atoms with Crippen LogP contribution in [0.2, 0.25) is 0 Å². The van der Waals surface area contributed by atoms with Crippen molar-refractivity contribution in [3.8, 4) is 0 Å². The molecule has 4 rings (SSSR count). The van der Waals surface area contributed by atoms with Gasteiger partial charge in [-0.15, -0.1) is 0 Å². The first-order valence-electron chi connectivity index (χ1n) is 8.59. The van der Waals surface area contributed by atoms with E-state index >= 15 is 0 Å². The van der Waals surface area contributed by atoms with Crippen LogP contribution in [0.25, 0.3) is 0 Å². The minimum atomic E-state index is -1.27. The molecule has 0 aromatic heterocycles. The van der Waals surface area contributed by atoms with E-state index in [9.17, 15) is 19.5 Å². The van der Waals surface area contributed by atoms with Gasteiger partial charge >= 0.3 is 5.97 Å². The van der Waals surface area contributed by atoms with Crippen LogP contribution >= 0.6 is 0 Å². The predicted molar refractivity (Wildman–Crippen MR) is 84.8 cm³/mol. The van der Waals surface area contributed by atoms with Gasteiger partial charge in [0.15, 0.2) is 5.78 Å². The van der Waals surface area contributed by atoms with Crippen molar-refractivity contribution in [3.05, 3.63) is 23.3 Å². The first-order valence-corrected chi connectivity index (χ1v) is 8.59. The fourth-order valence-corrected chi connectivity index (χ4v) is 5.48. The Kier molecular flexibility index (Phi) is 3.21. The summed E-state index contributed by atoms with van der Waals surface area (Å²) in [6.45, 7) is 7.69. The largest absolute Gasteiger partial charge is 0.458 e. The highest BCUT2D eigenvalue weighted by Crippen LogP contribution is 2.63. The van der Waals surface area contributed by atoms with Crippen molar-refractivity contribution in [1.82, 2.24) is 0 Å². The Morgan fingerprint density at radius 2 is 1.96 bits per heavy atom. The number of ketones is 2. The quantitative estimate of drug-likeness (QED) is 0.585. The molecule has 0 aromatic carbocycles. The molecule has 128 valence electrons. The molecule has 0 aromatic rings. The van der Waals surface area contributed by atoms with E-state index in [1.165, 1.54) is 0 Å². The van der Waals surface area contributed by atoms with E-state index in [-0.39, 0.29) is 29.8 Å². The van der Waals surface area contributed by atoms with E-state index in [0.717, 1.165) is 11.1 Å². The zero-order valence-electron chi connectivity index (χ0n) is 14.0. The molecule has 3 fully saturated rings. The summed E-state index contributed by atoms with van der Waals surface area (Å²) in [5.74, 6) is -1.54. The van der Waals surface area contributed by atoms with Crippen LogP contribution in [0.1, 0.15) is 39.5 Å². The molecule has 0 amide bonds. The van der Waals surface area contributed by atoms with Gasteiger partial charge in [0, 0.05) is 30.8 Å². The van der Waals surface area contributed by atoms with Crippen LogP contribution in [0.5, 0.6) is 0 Å². The fourth-order valence-electron chi connectivity index (χ4n) is 5.48. The molecular formula is C19H22O5. The highest BCUT2D eigenvalue weighted by atomic mass is 16.6. The molecule has 5 nitrogen and oxygen atoms in total. The van der Waals surface area contributed by atoms with E-state index in [0.29, 0.717) is 24.8 Å². The van der Waals surface area contributed by atoms with Crippen molar-refractivity contribution in [1.29, 1.82) is 0 Å². The maximum Gasteiger partial charge on any atom is 0.320 e. The van der Waals surface area contributed by atoms with E-state index in [1.807, 2.05) is 13.8 Å². The lowest BCUT2D eigenvalue weighted by molar-refractivity contribution is -0.149. The van der Waals surface area contributed by atoms with Gasteiger partial charge in [-0.1, -0.05) is 17.7 Å². The second-order valence-corrected chi connectivity index (χ2v) is 7.92. The molecule has 2 saturated carbocycles. The average molecular weight is 330 g/mol. The average Bonchev–Trinajstić information content (AvgIpc) is 2.75. The van der Waals surface area contributed by atoms with Crippen LogP contribution in [0.4, 0.5) is 0 Å². The number of ether oxygens (including phenoxy) is 1. The van der Waals surface area contributed by atoms with Crippen LogP contribution in [-0.2, 0) is 19.1 Å². The number of esters is 1. The second kappa shape index (κ2) is 4.88. The Morgan fingerprint density at radius 1 is 1.25 bits per heavy atom. The number of Topliss-reactive ketones (excluding diaryl/α,β-unsaturated/α-hetero) is 2. The van der Waals surface area contributed by atoms with Crippen molar-refractivity contribution >= 4 is 17.5 Å². The van der Waals surface area contributed by atoms with Gasteiger partial charge < -0.3 is 9.84 Å². The predicted octanol–water partition coefficient (Wildman–Crippen LogP) is 1.74.